The Labute approximate surface area is 117 Å². The van der Waals surface area contributed by atoms with Gasteiger partial charge >= 0.3 is 0 Å². The van der Waals surface area contributed by atoms with Gasteiger partial charge in [-0.1, -0.05) is 41.4 Å². The van der Waals surface area contributed by atoms with Crippen molar-refractivity contribution in [1.29, 1.82) is 0 Å². The standard InChI is InChI=1S/C14H13ClO3S/c1-10-5-6-14(19(16,17)18)12(7-10)8-11-3-2-4-13(15)9-11/h2-7,9H,8H2,1H3,(H,16,17,18)/p-1. The van der Waals surface area contributed by atoms with Gasteiger partial charge in [0.2, 0.25) is 0 Å². The summed E-state index contributed by atoms with van der Waals surface area (Å²) in [5.41, 5.74) is 2.27. The van der Waals surface area contributed by atoms with Crippen LogP contribution in [0.15, 0.2) is 47.4 Å². The minimum Gasteiger partial charge on any atom is -0.744 e. The lowest BCUT2D eigenvalue weighted by Crippen LogP contribution is -2.04. The Morgan fingerprint density at radius 1 is 1.16 bits per heavy atom. The van der Waals surface area contributed by atoms with E-state index in [9.17, 15) is 13.0 Å². The smallest absolute Gasteiger partial charge is 0.124 e. The second-order valence-corrected chi connectivity index (χ2v) is 6.16. The maximum Gasteiger partial charge on any atom is 0.124 e. The first-order valence-corrected chi connectivity index (χ1v) is 7.45. The van der Waals surface area contributed by atoms with Crippen LogP contribution >= 0.6 is 11.6 Å². The van der Waals surface area contributed by atoms with Gasteiger partial charge in [-0.15, -0.1) is 0 Å². The Hall–Kier alpha value is -1.36. The van der Waals surface area contributed by atoms with Crippen molar-refractivity contribution >= 4 is 21.7 Å². The summed E-state index contributed by atoms with van der Waals surface area (Å²) in [5.74, 6) is 0. The molecule has 5 heteroatoms. The quantitative estimate of drug-likeness (QED) is 0.817. The Morgan fingerprint density at radius 3 is 2.53 bits per heavy atom. The molecule has 0 aliphatic heterocycles. The van der Waals surface area contributed by atoms with E-state index in [4.69, 9.17) is 11.6 Å². The monoisotopic (exact) mass is 295 g/mol. The number of hydrogen-bond donors (Lipinski definition) is 0. The van der Waals surface area contributed by atoms with Crippen molar-refractivity contribution in [2.75, 3.05) is 0 Å². The van der Waals surface area contributed by atoms with E-state index in [1.807, 2.05) is 13.0 Å². The van der Waals surface area contributed by atoms with Gasteiger partial charge in [0.15, 0.2) is 0 Å². The number of rotatable bonds is 3. The van der Waals surface area contributed by atoms with Crippen molar-refractivity contribution < 1.29 is 13.0 Å². The number of benzene rings is 2. The first kappa shape index (κ1) is 14.1. The average Bonchev–Trinajstić information content (AvgIpc) is 2.27. The molecule has 0 heterocycles. The highest BCUT2D eigenvalue weighted by atomic mass is 35.5. The van der Waals surface area contributed by atoms with Gasteiger partial charge in [0.25, 0.3) is 0 Å². The lowest BCUT2D eigenvalue weighted by molar-refractivity contribution is 0.462. The normalized spacial score (nSPS) is 11.5. The Bertz CT molecular complexity index is 708. The molecule has 2 rings (SSSR count). The molecule has 0 bridgehead atoms. The number of halogens is 1. The maximum atomic E-state index is 11.2. The summed E-state index contributed by atoms with van der Waals surface area (Å²) >= 11 is 5.89. The summed E-state index contributed by atoms with van der Waals surface area (Å²) in [6.07, 6.45) is 0.360. The molecule has 0 saturated heterocycles. The third-order valence-electron chi connectivity index (χ3n) is 2.77. The van der Waals surface area contributed by atoms with E-state index in [1.54, 1.807) is 30.3 Å². The van der Waals surface area contributed by atoms with Crippen LogP contribution in [0.3, 0.4) is 0 Å². The van der Waals surface area contributed by atoms with Crippen LogP contribution < -0.4 is 0 Å². The van der Waals surface area contributed by atoms with Crippen LogP contribution in [0.25, 0.3) is 0 Å². The van der Waals surface area contributed by atoms with E-state index in [0.717, 1.165) is 11.1 Å². The molecule has 0 unspecified atom stereocenters. The van der Waals surface area contributed by atoms with Crippen molar-refractivity contribution in [1.82, 2.24) is 0 Å². The SMILES string of the molecule is Cc1ccc(S(=O)(=O)[O-])c(Cc2cccc(Cl)c2)c1. The molecule has 0 radical (unpaired) electrons. The molecule has 0 N–H and O–H groups in total. The molecule has 0 amide bonds. The van der Waals surface area contributed by atoms with Gasteiger partial charge < -0.3 is 4.55 Å². The predicted molar refractivity (Wildman–Crippen MR) is 73.4 cm³/mol. The van der Waals surface area contributed by atoms with Gasteiger partial charge in [0.1, 0.15) is 10.1 Å². The van der Waals surface area contributed by atoms with Crippen LogP contribution in [0.1, 0.15) is 16.7 Å². The number of aryl methyl sites for hydroxylation is 1. The molecule has 100 valence electrons. The number of hydrogen-bond acceptors (Lipinski definition) is 3. The molecule has 0 saturated carbocycles. The van der Waals surface area contributed by atoms with Crippen molar-refractivity contribution in [3.63, 3.8) is 0 Å². The van der Waals surface area contributed by atoms with Gasteiger partial charge in [0, 0.05) is 5.02 Å². The lowest BCUT2D eigenvalue weighted by Gasteiger charge is -2.14. The second-order valence-electron chi connectivity index (χ2n) is 4.37. The fourth-order valence-corrected chi connectivity index (χ4v) is 2.86. The second kappa shape index (κ2) is 5.33. The zero-order valence-corrected chi connectivity index (χ0v) is 11.8. The van der Waals surface area contributed by atoms with E-state index < -0.39 is 10.1 Å². The van der Waals surface area contributed by atoms with Crippen LogP contribution in [-0.2, 0) is 16.5 Å². The topological polar surface area (TPSA) is 57.2 Å². The van der Waals surface area contributed by atoms with Crippen LogP contribution in [0.4, 0.5) is 0 Å². The third-order valence-corrected chi connectivity index (χ3v) is 3.94. The first-order valence-electron chi connectivity index (χ1n) is 5.66. The summed E-state index contributed by atoms with van der Waals surface area (Å²) in [6, 6.07) is 11.8. The van der Waals surface area contributed by atoms with Gasteiger partial charge in [-0.3, -0.25) is 0 Å². The summed E-state index contributed by atoms with van der Waals surface area (Å²) in [4.78, 5) is -0.168. The lowest BCUT2D eigenvalue weighted by atomic mass is 10.0. The molecule has 0 aliphatic carbocycles. The highest BCUT2D eigenvalue weighted by Gasteiger charge is 2.10. The minimum atomic E-state index is -4.46. The summed E-state index contributed by atoms with van der Waals surface area (Å²) < 4.78 is 33.7. The summed E-state index contributed by atoms with van der Waals surface area (Å²) in [6.45, 7) is 1.85. The molecule has 2 aromatic rings. The first-order chi connectivity index (χ1) is 8.86. The Balaban J connectivity index is 2.47. The van der Waals surface area contributed by atoms with E-state index in [1.165, 1.54) is 6.07 Å². The van der Waals surface area contributed by atoms with Crippen LogP contribution in [0, 0.1) is 6.92 Å². The fourth-order valence-electron chi connectivity index (χ4n) is 1.96. The zero-order chi connectivity index (χ0) is 14.0. The highest BCUT2D eigenvalue weighted by molar-refractivity contribution is 7.85. The molecule has 0 spiro atoms. The van der Waals surface area contributed by atoms with E-state index >= 15 is 0 Å². The highest BCUT2D eigenvalue weighted by Crippen LogP contribution is 2.22. The Morgan fingerprint density at radius 2 is 1.89 bits per heavy atom. The van der Waals surface area contributed by atoms with Crippen LogP contribution in [-0.4, -0.2) is 13.0 Å². The van der Waals surface area contributed by atoms with Crippen molar-refractivity contribution in [3.05, 3.63) is 64.2 Å². The van der Waals surface area contributed by atoms with E-state index in [-0.39, 0.29) is 4.90 Å². The van der Waals surface area contributed by atoms with E-state index in [2.05, 4.69) is 0 Å². The van der Waals surface area contributed by atoms with E-state index in [0.29, 0.717) is 17.0 Å². The molecule has 3 nitrogen and oxygen atoms in total. The predicted octanol–water partition coefficient (Wildman–Crippen LogP) is 3.14. The third kappa shape index (κ3) is 3.56. The minimum absolute atomic E-state index is 0.168. The molecule has 2 aromatic carbocycles. The van der Waals surface area contributed by atoms with Gasteiger partial charge in [-0.05, 0) is 42.7 Å². The maximum absolute atomic E-state index is 11.2. The largest absolute Gasteiger partial charge is 0.744 e. The average molecular weight is 296 g/mol. The van der Waals surface area contributed by atoms with Crippen LogP contribution in [0.5, 0.6) is 0 Å². The van der Waals surface area contributed by atoms with Gasteiger partial charge in [0.05, 0.1) is 4.90 Å². The molecule has 19 heavy (non-hydrogen) atoms. The van der Waals surface area contributed by atoms with Crippen LogP contribution in [0.2, 0.25) is 5.02 Å². The molecular formula is C14H12ClO3S-. The molecule has 0 fully saturated rings. The molecule has 0 atom stereocenters. The van der Waals surface area contributed by atoms with Crippen molar-refractivity contribution in [3.8, 4) is 0 Å². The summed E-state index contributed by atoms with van der Waals surface area (Å²) in [7, 11) is -4.46. The van der Waals surface area contributed by atoms with Gasteiger partial charge in [-0.25, -0.2) is 8.42 Å². The molecule has 0 aliphatic rings. The van der Waals surface area contributed by atoms with Crippen molar-refractivity contribution in [2.45, 2.75) is 18.2 Å². The fraction of sp³-hybridized carbons (Fsp3) is 0.143. The zero-order valence-electron chi connectivity index (χ0n) is 10.3. The Kier molecular flexibility index (Phi) is 3.94. The summed E-state index contributed by atoms with van der Waals surface area (Å²) in [5, 5.41) is 0.580. The molecule has 0 aromatic heterocycles. The van der Waals surface area contributed by atoms with Crippen molar-refractivity contribution in [2.24, 2.45) is 0 Å². The van der Waals surface area contributed by atoms with Gasteiger partial charge in [-0.2, -0.15) is 0 Å². The molecular weight excluding hydrogens is 284 g/mol.